The van der Waals surface area contributed by atoms with Gasteiger partial charge in [-0.2, -0.15) is 5.10 Å². The molecule has 0 saturated carbocycles. The van der Waals surface area contributed by atoms with Gasteiger partial charge in [0.1, 0.15) is 23.9 Å². The number of halogens is 1. The van der Waals surface area contributed by atoms with Gasteiger partial charge in [0.25, 0.3) is 0 Å². The fourth-order valence-corrected chi connectivity index (χ4v) is 2.98. The van der Waals surface area contributed by atoms with Gasteiger partial charge in [-0.25, -0.2) is 9.07 Å². The summed E-state index contributed by atoms with van der Waals surface area (Å²) in [6.45, 7) is 3.72. The Labute approximate surface area is 138 Å². The molecule has 4 rings (SSSR count). The number of carbonyl (C=O) groups is 1. The number of benzene rings is 2. The highest BCUT2D eigenvalue weighted by molar-refractivity contribution is 5.96. The number of rotatable bonds is 2. The molecular weight excluding hydrogens is 307 g/mol. The molecule has 0 spiro atoms. The molecule has 0 bridgehead atoms. The zero-order valence-electron chi connectivity index (χ0n) is 13.3. The van der Waals surface area contributed by atoms with Crippen molar-refractivity contribution in [3.8, 4) is 22.7 Å². The van der Waals surface area contributed by atoms with Gasteiger partial charge in [-0.05, 0) is 37.3 Å². The van der Waals surface area contributed by atoms with Gasteiger partial charge >= 0.3 is 0 Å². The molecule has 120 valence electrons. The van der Waals surface area contributed by atoms with Crippen LogP contribution in [0.3, 0.4) is 0 Å². The molecule has 1 aliphatic heterocycles. The molecule has 0 N–H and O–H groups in total. The van der Waals surface area contributed by atoms with E-state index in [-0.39, 0.29) is 18.2 Å². The van der Waals surface area contributed by atoms with Crippen molar-refractivity contribution in [1.82, 2.24) is 9.78 Å². The molecule has 0 radical (unpaired) electrons. The second kappa shape index (κ2) is 5.30. The molecule has 1 aromatic heterocycles. The van der Waals surface area contributed by atoms with Gasteiger partial charge in [-0.1, -0.05) is 17.7 Å². The minimum Gasteiger partial charge on any atom is -0.488 e. The number of carbonyl (C=O) groups excluding carboxylic acids is 1. The van der Waals surface area contributed by atoms with Gasteiger partial charge < -0.3 is 4.74 Å². The van der Waals surface area contributed by atoms with Crippen molar-refractivity contribution in [2.75, 3.05) is 0 Å². The molecule has 0 fully saturated rings. The highest BCUT2D eigenvalue weighted by atomic mass is 19.1. The molecular formula is C19H15FN2O2. The molecule has 2 heterocycles. The molecule has 2 aromatic carbocycles. The van der Waals surface area contributed by atoms with E-state index in [1.165, 1.54) is 19.1 Å². The fourth-order valence-electron chi connectivity index (χ4n) is 2.98. The number of nitrogens with zero attached hydrogens (tertiary/aromatic N) is 2. The Morgan fingerprint density at radius 1 is 1.21 bits per heavy atom. The number of ether oxygens (including phenoxy) is 1. The lowest BCUT2D eigenvalue weighted by Gasteiger charge is -2.19. The van der Waals surface area contributed by atoms with Crippen LogP contribution in [0.15, 0.2) is 42.5 Å². The van der Waals surface area contributed by atoms with E-state index < -0.39 is 0 Å². The van der Waals surface area contributed by atoms with E-state index >= 15 is 0 Å². The smallest absolute Gasteiger partial charge is 0.180 e. The molecule has 5 heteroatoms. The minimum absolute atomic E-state index is 0.138. The number of fused-ring (bicyclic) bond motifs is 3. The van der Waals surface area contributed by atoms with E-state index in [1.807, 2.05) is 31.2 Å². The summed E-state index contributed by atoms with van der Waals surface area (Å²) in [5, 5.41) is 4.48. The summed E-state index contributed by atoms with van der Waals surface area (Å²) < 4.78 is 21.2. The van der Waals surface area contributed by atoms with Crippen LogP contribution < -0.4 is 4.74 Å². The number of aryl methyl sites for hydroxylation is 1. The number of Topliss-reactive ketones (excluding diaryl/α,β-unsaturated/α-hetero) is 1. The Hall–Kier alpha value is -2.95. The number of hydrogen-bond acceptors (Lipinski definition) is 3. The van der Waals surface area contributed by atoms with Crippen LogP contribution >= 0.6 is 0 Å². The molecule has 24 heavy (non-hydrogen) atoms. The van der Waals surface area contributed by atoms with Crippen LogP contribution in [-0.4, -0.2) is 15.6 Å². The van der Waals surface area contributed by atoms with Crippen molar-refractivity contribution >= 4 is 5.78 Å². The predicted octanol–water partition coefficient (Wildman–Crippen LogP) is 4.08. The standard InChI is InChI=1S/C19H15FN2O2/c1-11-3-6-14(7-4-11)22-19-15-9-13(20)5-8-17(15)24-10-16(19)18(21-22)12(2)23/h3-9H,10H2,1-2H3. The predicted molar refractivity (Wildman–Crippen MR) is 88.0 cm³/mol. The van der Waals surface area contributed by atoms with E-state index in [0.29, 0.717) is 28.3 Å². The lowest BCUT2D eigenvalue weighted by atomic mass is 10.0. The third kappa shape index (κ3) is 2.21. The van der Waals surface area contributed by atoms with Crippen LogP contribution in [0, 0.1) is 12.7 Å². The van der Waals surface area contributed by atoms with Crippen molar-refractivity contribution in [2.24, 2.45) is 0 Å². The van der Waals surface area contributed by atoms with Crippen LogP contribution in [0.4, 0.5) is 4.39 Å². The number of aromatic nitrogens is 2. The summed E-state index contributed by atoms with van der Waals surface area (Å²) in [5.74, 6) is 0.0964. The van der Waals surface area contributed by atoms with Gasteiger partial charge in [0.05, 0.1) is 11.4 Å². The second-order valence-electron chi connectivity index (χ2n) is 5.91. The summed E-state index contributed by atoms with van der Waals surface area (Å²) in [7, 11) is 0. The van der Waals surface area contributed by atoms with Gasteiger partial charge in [-0.15, -0.1) is 0 Å². The first kappa shape index (κ1) is 14.6. The lowest BCUT2D eigenvalue weighted by molar-refractivity contribution is 0.101. The average Bonchev–Trinajstić information content (AvgIpc) is 2.96. The Morgan fingerprint density at radius 3 is 2.67 bits per heavy atom. The van der Waals surface area contributed by atoms with Gasteiger partial charge in [0.15, 0.2) is 5.78 Å². The average molecular weight is 322 g/mol. The number of hydrogen-bond donors (Lipinski definition) is 0. The Bertz CT molecular complexity index is 958. The quantitative estimate of drug-likeness (QED) is 0.668. The van der Waals surface area contributed by atoms with E-state index in [0.717, 1.165) is 11.3 Å². The topological polar surface area (TPSA) is 44.1 Å². The molecule has 1 aliphatic rings. The van der Waals surface area contributed by atoms with Crippen LogP contribution in [0.2, 0.25) is 0 Å². The third-order valence-electron chi connectivity index (χ3n) is 4.16. The molecule has 4 nitrogen and oxygen atoms in total. The fraction of sp³-hybridized carbons (Fsp3) is 0.158. The monoisotopic (exact) mass is 322 g/mol. The summed E-state index contributed by atoms with van der Waals surface area (Å²) in [6.07, 6.45) is 0. The summed E-state index contributed by atoms with van der Waals surface area (Å²) in [4.78, 5) is 12.0. The minimum atomic E-state index is -0.355. The first-order valence-electron chi connectivity index (χ1n) is 7.67. The first-order chi connectivity index (χ1) is 11.5. The van der Waals surface area contributed by atoms with Crippen molar-refractivity contribution in [3.05, 3.63) is 65.1 Å². The normalized spacial score (nSPS) is 12.3. The zero-order valence-corrected chi connectivity index (χ0v) is 13.3. The van der Waals surface area contributed by atoms with Crippen molar-refractivity contribution in [2.45, 2.75) is 20.5 Å². The Balaban J connectivity index is 2.02. The number of ketones is 1. The summed E-state index contributed by atoms with van der Waals surface area (Å²) in [6, 6.07) is 12.2. The first-order valence-corrected chi connectivity index (χ1v) is 7.67. The maximum absolute atomic E-state index is 13.8. The highest BCUT2D eigenvalue weighted by Gasteiger charge is 2.29. The lowest BCUT2D eigenvalue weighted by Crippen LogP contribution is -2.09. The molecule has 0 atom stereocenters. The van der Waals surface area contributed by atoms with Gasteiger partial charge in [0, 0.05) is 18.1 Å². The Morgan fingerprint density at radius 2 is 1.96 bits per heavy atom. The zero-order chi connectivity index (χ0) is 16.8. The largest absolute Gasteiger partial charge is 0.488 e. The van der Waals surface area contributed by atoms with Crippen molar-refractivity contribution < 1.29 is 13.9 Å². The van der Waals surface area contributed by atoms with Crippen molar-refractivity contribution in [3.63, 3.8) is 0 Å². The molecule has 0 amide bonds. The third-order valence-corrected chi connectivity index (χ3v) is 4.16. The van der Waals surface area contributed by atoms with Gasteiger partial charge in [0.2, 0.25) is 0 Å². The van der Waals surface area contributed by atoms with Crippen LogP contribution in [0.25, 0.3) is 16.9 Å². The second-order valence-corrected chi connectivity index (χ2v) is 5.91. The molecule has 0 unspecified atom stereocenters. The molecule has 0 saturated heterocycles. The summed E-state index contributed by atoms with van der Waals surface area (Å²) >= 11 is 0. The van der Waals surface area contributed by atoms with E-state index in [1.54, 1.807) is 10.7 Å². The molecule has 3 aromatic rings. The van der Waals surface area contributed by atoms with E-state index in [4.69, 9.17) is 4.74 Å². The van der Waals surface area contributed by atoms with Crippen LogP contribution in [0.5, 0.6) is 5.75 Å². The highest BCUT2D eigenvalue weighted by Crippen LogP contribution is 2.40. The SMILES string of the molecule is CC(=O)c1nn(-c2ccc(C)cc2)c2c1COc1ccc(F)cc1-2. The maximum Gasteiger partial charge on any atom is 0.180 e. The maximum atomic E-state index is 13.8. The van der Waals surface area contributed by atoms with E-state index in [9.17, 15) is 9.18 Å². The van der Waals surface area contributed by atoms with Crippen molar-refractivity contribution in [1.29, 1.82) is 0 Å². The van der Waals surface area contributed by atoms with Crippen LogP contribution in [-0.2, 0) is 6.61 Å². The Kier molecular flexibility index (Phi) is 3.23. The van der Waals surface area contributed by atoms with E-state index in [2.05, 4.69) is 5.10 Å². The molecule has 0 aliphatic carbocycles. The summed E-state index contributed by atoms with van der Waals surface area (Å²) in [5.41, 5.74) is 4.33. The van der Waals surface area contributed by atoms with Gasteiger partial charge in [-0.3, -0.25) is 4.79 Å². The van der Waals surface area contributed by atoms with Crippen LogP contribution in [0.1, 0.15) is 28.5 Å².